The first-order chi connectivity index (χ1) is 9.05. The maximum absolute atomic E-state index is 10.9. The van der Waals surface area contributed by atoms with Crippen LogP contribution in [0.5, 0.6) is 5.75 Å². The Morgan fingerprint density at radius 2 is 1.58 bits per heavy atom. The van der Waals surface area contributed by atoms with E-state index in [1.807, 2.05) is 12.1 Å². The predicted octanol–water partition coefficient (Wildman–Crippen LogP) is 4.66. The molecule has 0 aliphatic heterocycles. The summed E-state index contributed by atoms with van der Waals surface area (Å²) in [5, 5.41) is 0. The van der Waals surface area contributed by atoms with Crippen LogP contribution in [0.3, 0.4) is 0 Å². The van der Waals surface area contributed by atoms with Crippen molar-refractivity contribution < 1.29 is 9.53 Å². The van der Waals surface area contributed by atoms with Crippen molar-refractivity contribution in [3.63, 3.8) is 0 Å². The average molecular weight is 278 g/mol. The molecule has 2 nitrogen and oxygen atoms in total. The summed E-state index contributed by atoms with van der Waals surface area (Å²) in [4.78, 5) is 10.9. The van der Waals surface area contributed by atoms with Crippen molar-refractivity contribution in [3.8, 4) is 5.75 Å². The summed E-state index contributed by atoms with van der Waals surface area (Å²) in [6.07, 6.45) is 1.15. The molecule has 0 aliphatic carbocycles. The SMILES string of the molecule is CC[Si](CC)(CC)CCc1ccc(OC(C)=O)cc1. The lowest BCUT2D eigenvalue weighted by atomic mass is 10.2. The molecule has 0 atom stereocenters. The number of rotatable bonds is 7. The third-order valence-electron chi connectivity index (χ3n) is 4.38. The monoisotopic (exact) mass is 278 g/mol. The molecule has 1 aromatic rings. The minimum atomic E-state index is -1.03. The topological polar surface area (TPSA) is 26.3 Å². The Hall–Kier alpha value is -1.09. The number of benzene rings is 1. The molecule has 0 aliphatic rings. The fourth-order valence-electron chi connectivity index (χ4n) is 2.58. The van der Waals surface area contributed by atoms with Crippen LogP contribution in [0.25, 0.3) is 0 Å². The summed E-state index contributed by atoms with van der Waals surface area (Å²) in [6, 6.07) is 13.5. The second kappa shape index (κ2) is 7.48. The molecule has 0 saturated carbocycles. The van der Waals surface area contributed by atoms with Crippen molar-refractivity contribution in [2.24, 2.45) is 0 Å². The van der Waals surface area contributed by atoms with E-state index in [-0.39, 0.29) is 5.97 Å². The van der Waals surface area contributed by atoms with Crippen LogP contribution < -0.4 is 4.74 Å². The van der Waals surface area contributed by atoms with Crippen molar-refractivity contribution in [3.05, 3.63) is 29.8 Å². The van der Waals surface area contributed by atoms with Gasteiger partial charge in [-0.3, -0.25) is 4.79 Å². The van der Waals surface area contributed by atoms with Crippen LogP contribution in [-0.4, -0.2) is 14.0 Å². The number of hydrogen-bond acceptors (Lipinski definition) is 2. The molecule has 3 heteroatoms. The number of aryl methyl sites for hydroxylation is 1. The van der Waals surface area contributed by atoms with Gasteiger partial charge in [0.1, 0.15) is 5.75 Å². The van der Waals surface area contributed by atoms with E-state index >= 15 is 0 Å². The first-order valence-electron chi connectivity index (χ1n) is 7.32. The standard InChI is InChI=1S/C16H26O2Si/c1-5-19(6-2,7-3)13-12-15-8-10-16(11-9-15)18-14(4)17/h8-11H,5-7,12-13H2,1-4H3. The fraction of sp³-hybridized carbons (Fsp3) is 0.562. The maximum atomic E-state index is 10.9. The van der Waals surface area contributed by atoms with Crippen molar-refractivity contribution in [2.45, 2.75) is 58.3 Å². The second-order valence-electron chi connectivity index (χ2n) is 5.30. The minimum absolute atomic E-state index is 0.262. The van der Waals surface area contributed by atoms with E-state index in [2.05, 4.69) is 32.9 Å². The van der Waals surface area contributed by atoms with Gasteiger partial charge < -0.3 is 4.74 Å². The lowest BCUT2D eigenvalue weighted by Gasteiger charge is -2.28. The first-order valence-corrected chi connectivity index (χ1v) is 10.2. The molecule has 19 heavy (non-hydrogen) atoms. The van der Waals surface area contributed by atoms with Crippen LogP contribution in [0.15, 0.2) is 24.3 Å². The van der Waals surface area contributed by atoms with Gasteiger partial charge in [-0.05, 0) is 24.1 Å². The smallest absolute Gasteiger partial charge is 0.308 e. The maximum Gasteiger partial charge on any atom is 0.308 e. The normalized spacial score (nSPS) is 11.4. The highest BCUT2D eigenvalue weighted by Gasteiger charge is 2.25. The summed E-state index contributed by atoms with van der Waals surface area (Å²) < 4.78 is 5.05. The summed E-state index contributed by atoms with van der Waals surface area (Å²) in [5.41, 5.74) is 1.35. The molecule has 0 amide bonds. The van der Waals surface area contributed by atoms with E-state index in [1.54, 1.807) is 0 Å². The van der Waals surface area contributed by atoms with E-state index < -0.39 is 8.07 Å². The van der Waals surface area contributed by atoms with E-state index in [0.29, 0.717) is 5.75 Å². The molecule has 0 bridgehead atoms. The molecular weight excluding hydrogens is 252 g/mol. The van der Waals surface area contributed by atoms with Gasteiger partial charge in [-0.25, -0.2) is 0 Å². The van der Waals surface area contributed by atoms with Gasteiger partial charge in [0.15, 0.2) is 0 Å². The average Bonchev–Trinajstić information content (AvgIpc) is 2.42. The van der Waals surface area contributed by atoms with Crippen molar-refractivity contribution in [2.75, 3.05) is 0 Å². The zero-order valence-corrected chi connectivity index (χ0v) is 13.7. The largest absolute Gasteiger partial charge is 0.427 e. The molecule has 0 heterocycles. The number of hydrogen-bond donors (Lipinski definition) is 0. The lowest BCUT2D eigenvalue weighted by Crippen LogP contribution is -2.31. The molecule has 0 fully saturated rings. The van der Waals surface area contributed by atoms with Crippen LogP contribution >= 0.6 is 0 Å². The number of carbonyl (C=O) groups excluding carboxylic acids is 1. The molecule has 1 rings (SSSR count). The van der Waals surface area contributed by atoms with Gasteiger partial charge in [-0.15, -0.1) is 0 Å². The summed E-state index contributed by atoms with van der Waals surface area (Å²) in [6.45, 7) is 8.48. The fourth-order valence-corrected chi connectivity index (χ4v) is 5.96. The molecule has 106 valence electrons. The third-order valence-corrected chi connectivity index (χ3v) is 10.2. The van der Waals surface area contributed by atoms with Crippen LogP contribution in [-0.2, 0) is 11.2 Å². The van der Waals surface area contributed by atoms with Gasteiger partial charge in [-0.2, -0.15) is 0 Å². The zero-order chi connectivity index (χ0) is 14.3. The molecule has 0 aromatic heterocycles. The Morgan fingerprint density at radius 3 is 2.00 bits per heavy atom. The Bertz CT molecular complexity index is 385. The van der Waals surface area contributed by atoms with Crippen molar-refractivity contribution in [1.82, 2.24) is 0 Å². The second-order valence-corrected chi connectivity index (χ2v) is 10.9. The highest BCUT2D eigenvalue weighted by Crippen LogP contribution is 2.27. The number of esters is 1. The molecule has 0 unspecified atom stereocenters. The van der Waals surface area contributed by atoms with Crippen molar-refractivity contribution in [1.29, 1.82) is 0 Å². The quantitative estimate of drug-likeness (QED) is 0.412. The van der Waals surface area contributed by atoms with Crippen LogP contribution in [0, 0.1) is 0 Å². The van der Waals surface area contributed by atoms with Gasteiger partial charge in [0.05, 0.1) is 8.07 Å². The minimum Gasteiger partial charge on any atom is -0.427 e. The van der Waals surface area contributed by atoms with Gasteiger partial charge in [0.25, 0.3) is 0 Å². The Labute approximate surface area is 118 Å². The first kappa shape index (κ1) is 16.0. The Balaban J connectivity index is 2.60. The molecule has 0 radical (unpaired) electrons. The number of ether oxygens (including phenoxy) is 1. The van der Waals surface area contributed by atoms with Gasteiger partial charge in [0.2, 0.25) is 0 Å². The molecule has 0 N–H and O–H groups in total. The van der Waals surface area contributed by atoms with Crippen molar-refractivity contribution >= 4 is 14.0 Å². The van der Waals surface area contributed by atoms with E-state index in [0.717, 1.165) is 6.42 Å². The molecule has 1 aromatic carbocycles. The van der Waals surface area contributed by atoms with Crippen LogP contribution in [0.2, 0.25) is 24.2 Å². The van der Waals surface area contributed by atoms with Crippen LogP contribution in [0.4, 0.5) is 0 Å². The van der Waals surface area contributed by atoms with E-state index in [9.17, 15) is 4.79 Å². The molecule has 0 saturated heterocycles. The molecule has 0 spiro atoms. The van der Waals surface area contributed by atoms with Gasteiger partial charge in [0, 0.05) is 6.92 Å². The lowest BCUT2D eigenvalue weighted by molar-refractivity contribution is -0.131. The third kappa shape index (κ3) is 4.82. The molecular formula is C16H26O2Si. The zero-order valence-electron chi connectivity index (χ0n) is 12.7. The predicted molar refractivity (Wildman–Crippen MR) is 83.5 cm³/mol. The summed E-state index contributed by atoms with van der Waals surface area (Å²) in [5.74, 6) is 0.378. The van der Waals surface area contributed by atoms with Gasteiger partial charge in [-0.1, -0.05) is 57.1 Å². The Kier molecular flexibility index (Phi) is 6.29. The highest BCUT2D eigenvalue weighted by atomic mass is 28.3. The highest BCUT2D eigenvalue weighted by molar-refractivity contribution is 6.79. The summed E-state index contributed by atoms with van der Waals surface area (Å²) >= 11 is 0. The number of carbonyl (C=O) groups is 1. The van der Waals surface area contributed by atoms with Gasteiger partial charge >= 0.3 is 5.97 Å². The van der Waals surface area contributed by atoms with E-state index in [4.69, 9.17) is 4.74 Å². The Morgan fingerprint density at radius 1 is 1.05 bits per heavy atom. The summed E-state index contributed by atoms with van der Waals surface area (Å²) in [7, 11) is -1.03. The van der Waals surface area contributed by atoms with Crippen LogP contribution in [0.1, 0.15) is 33.3 Å². The van der Waals surface area contributed by atoms with E-state index in [1.165, 1.54) is 36.7 Å².